The molecule has 23 heavy (non-hydrogen) atoms. The second-order valence-electron chi connectivity index (χ2n) is 6.97. The lowest BCUT2D eigenvalue weighted by Crippen LogP contribution is -1.97. The van der Waals surface area contributed by atoms with Gasteiger partial charge < -0.3 is 0 Å². The lowest BCUT2D eigenvalue weighted by atomic mass is 9.97. The Bertz CT molecular complexity index is 871. The second kappa shape index (κ2) is 5.07. The van der Waals surface area contributed by atoms with Crippen LogP contribution in [-0.2, 0) is 9.84 Å². The molecule has 2 aromatic carbocycles. The van der Waals surface area contributed by atoms with Crippen LogP contribution in [0.3, 0.4) is 0 Å². The summed E-state index contributed by atoms with van der Waals surface area (Å²) >= 11 is 0. The molecule has 4 rings (SSSR count). The van der Waals surface area contributed by atoms with Crippen molar-refractivity contribution < 1.29 is 8.42 Å². The van der Waals surface area contributed by atoms with Crippen molar-refractivity contribution in [2.24, 2.45) is 5.41 Å². The molecule has 1 saturated carbocycles. The molecule has 2 aromatic rings. The largest absolute Gasteiger partial charge is 0.224 e. The molecule has 118 valence electrons. The summed E-state index contributed by atoms with van der Waals surface area (Å²) in [6.45, 7) is 0. The Morgan fingerprint density at radius 3 is 1.78 bits per heavy atom. The van der Waals surface area contributed by atoms with E-state index in [4.69, 9.17) is 0 Å². The quantitative estimate of drug-likeness (QED) is 0.828. The number of hydrogen-bond donors (Lipinski definition) is 0. The molecule has 3 heteroatoms. The first-order valence-corrected chi connectivity index (χ1v) is 9.94. The number of allylic oxidation sites excluding steroid dienone is 2. The first kappa shape index (κ1) is 14.7. The summed E-state index contributed by atoms with van der Waals surface area (Å²) in [5.74, 6) is 0. The maximum atomic E-state index is 11.7. The predicted molar refractivity (Wildman–Crippen MR) is 93.7 cm³/mol. The number of rotatable bonds is 3. The molecule has 0 atom stereocenters. The Labute approximate surface area is 137 Å². The van der Waals surface area contributed by atoms with Crippen LogP contribution in [0.5, 0.6) is 0 Å². The van der Waals surface area contributed by atoms with Gasteiger partial charge in [0.2, 0.25) is 0 Å². The number of benzene rings is 2. The standard InChI is InChI=1S/C20H20O2S/c1-23(21,22)17-9-7-16(8-10-17)19-14-20(11-12-20)13-18(19)15-5-3-2-4-6-15/h2-10H,11-14H2,1H3. The molecule has 0 saturated heterocycles. The van der Waals surface area contributed by atoms with Crippen molar-refractivity contribution in [3.8, 4) is 0 Å². The average molecular weight is 324 g/mol. The molecular weight excluding hydrogens is 304 g/mol. The van der Waals surface area contributed by atoms with Gasteiger partial charge in [0.25, 0.3) is 0 Å². The van der Waals surface area contributed by atoms with E-state index < -0.39 is 9.84 Å². The Balaban J connectivity index is 1.78. The van der Waals surface area contributed by atoms with Gasteiger partial charge in [-0.05, 0) is 65.5 Å². The third-order valence-electron chi connectivity index (χ3n) is 5.18. The first-order chi connectivity index (χ1) is 11.0. The van der Waals surface area contributed by atoms with E-state index in [1.165, 1.54) is 41.4 Å². The zero-order valence-corrected chi connectivity index (χ0v) is 14.1. The van der Waals surface area contributed by atoms with Crippen LogP contribution >= 0.6 is 0 Å². The minimum atomic E-state index is -3.14. The molecule has 0 unspecified atom stereocenters. The molecule has 1 spiro atoms. The van der Waals surface area contributed by atoms with Gasteiger partial charge in [-0.1, -0.05) is 42.5 Å². The molecule has 2 nitrogen and oxygen atoms in total. The Hall–Kier alpha value is -1.87. The molecular formula is C20H20O2S. The average Bonchev–Trinajstić information content (AvgIpc) is 3.18. The lowest BCUT2D eigenvalue weighted by Gasteiger charge is -2.09. The van der Waals surface area contributed by atoms with Gasteiger partial charge >= 0.3 is 0 Å². The highest BCUT2D eigenvalue weighted by Gasteiger charge is 2.48. The molecule has 0 heterocycles. The molecule has 0 bridgehead atoms. The molecule has 2 aliphatic carbocycles. The van der Waals surface area contributed by atoms with Crippen LogP contribution in [0.15, 0.2) is 59.5 Å². The maximum Gasteiger partial charge on any atom is 0.175 e. The Morgan fingerprint density at radius 1 is 0.783 bits per heavy atom. The van der Waals surface area contributed by atoms with Crippen LogP contribution in [0.25, 0.3) is 11.1 Å². The fourth-order valence-corrected chi connectivity index (χ4v) is 4.28. The predicted octanol–water partition coefficient (Wildman–Crippen LogP) is 4.57. The zero-order chi connectivity index (χ0) is 16.1. The number of hydrogen-bond acceptors (Lipinski definition) is 2. The summed E-state index contributed by atoms with van der Waals surface area (Å²) in [4.78, 5) is 0.391. The Kier molecular flexibility index (Phi) is 3.24. The Morgan fingerprint density at radius 2 is 1.30 bits per heavy atom. The number of sulfone groups is 1. The van der Waals surface area contributed by atoms with Crippen molar-refractivity contribution in [3.05, 3.63) is 65.7 Å². The lowest BCUT2D eigenvalue weighted by molar-refractivity contribution is 0.568. The van der Waals surface area contributed by atoms with Crippen LogP contribution in [0, 0.1) is 5.41 Å². The van der Waals surface area contributed by atoms with Crippen molar-refractivity contribution in [3.63, 3.8) is 0 Å². The van der Waals surface area contributed by atoms with Crippen LogP contribution in [0.4, 0.5) is 0 Å². The van der Waals surface area contributed by atoms with Crippen molar-refractivity contribution >= 4 is 21.0 Å². The van der Waals surface area contributed by atoms with E-state index in [9.17, 15) is 8.42 Å². The zero-order valence-electron chi connectivity index (χ0n) is 13.2. The van der Waals surface area contributed by atoms with Crippen LogP contribution < -0.4 is 0 Å². The highest BCUT2D eigenvalue weighted by atomic mass is 32.2. The van der Waals surface area contributed by atoms with Gasteiger partial charge in [0.05, 0.1) is 4.90 Å². The monoisotopic (exact) mass is 324 g/mol. The van der Waals surface area contributed by atoms with Crippen LogP contribution in [-0.4, -0.2) is 14.7 Å². The topological polar surface area (TPSA) is 34.1 Å². The summed E-state index contributed by atoms with van der Waals surface area (Å²) in [5, 5.41) is 0. The molecule has 2 aliphatic rings. The van der Waals surface area contributed by atoms with Gasteiger partial charge in [-0.25, -0.2) is 8.42 Å². The molecule has 1 fully saturated rings. The van der Waals surface area contributed by atoms with E-state index in [2.05, 4.69) is 24.3 Å². The molecule has 0 amide bonds. The minimum absolute atomic E-state index is 0.391. The summed E-state index contributed by atoms with van der Waals surface area (Å²) in [6.07, 6.45) is 6.16. The van der Waals surface area contributed by atoms with Gasteiger partial charge in [0, 0.05) is 6.26 Å². The van der Waals surface area contributed by atoms with Gasteiger partial charge in [0.15, 0.2) is 9.84 Å². The summed E-state index contributed by atoms with van der Waals surface area (Å²) in [5.41, 5.74) is 5.79. The molecule has 0 aliphatic heterocycles. The third-order valence-corrected chi connectivity index (χ3v) is 6.31. The van der Waals surface area contributed by atoms with Crippen LogP contribution in [0.2, 0.25) is 0 Å². The molecule has 0 aromatic heterocycles. The molecule has 0 N–H and O–H groups in total. The van der Waals surface area contributed by atoms with Crippen molar-refractivity contribution in [1.29, 1.82) is 0 Å². The SMILES string of the molecule is CS(=O)(=O)c1ccc(C2=C(c3ccccc3)CC3(CC3)C2)cc1. The van der Waals surface area contributed by atoms with Crippen molar-refractivity contribution in [2.75, 3.05) is 6.26 Å². The van der Waals surface area contributed by atoms with Gasteiger partial charge in [-0.3, -0.25) is 0 Å². The van der Waals surface area contributed by atoms with E-state index in [1.54, 1.807) is 12.1 Å². The summed E-state index contributed by atoms with van der Waals surface area (Å²) in [6, 6.07) is 18.0. The fraction of sp³-hybridized carbons (Fsp3) is 0.300. The van der Waals surface area contributed by atoms with Crippen molar-refractivity contribution in [2.45, 2.75) is 30.6 Å². The third kappa shape index (κ3) is 2.74. The summed E-state index contributed by atoms with van der Waals surface area (Å²) in [7, 11) is -3.14. The van der Waals surface area contributed by atoms with E-state index in [1.807, 2.05) is 18.2 Å². The minimum Gasteiger partial charge on any atom is -0.224 e. The highest BCUT2D eigenvalue weighted by Crippen LogP contribution is 2.63. The van der Waals surface area contributed by atoms with E-state index >= 15 is 0 Å². The normalized spacial score (nSPS) is 19.3. The fourth-order valence-electron chi connectivity index (χ4n) is 3.65. The van der Waals surface area contributed by atoms with E-state index in [0.717, 1.165) is 12.8 Å². The first-order valence-electron chi connectivity index (χ1n) is 8.05. The van der Waals surface area contributed by atoms with Gasteiger partial charge in [-0.15, -0.1) is 0 Å². The van der Waals surface area contributed by atoms with Gasteiger partial charge in [-0.2, -0.15) is 0 Å². The van der Waals surface area contributed by atoms with Crippen molar-refractivity contribution in [1.82, 2.24) is 0 Å². The van der Waals surface area contributed by atoms with E-state index in [0.29, 0.717) is 10.3 Å². The summed E-state index contributed by atoms with van der Waals surface area (Å²) < 4.78 is 23.3. The smallest absolute Gasteiger partial charge is 0.175 e. The second-order valence-corrected chi connectivity index (χ2v) is 8.99. The van der Waals surface area contributed by atoms with E-state index in [-0.39, 0.29) is 0 Å². The maximum absolute atomic E-state index is 11.7. The highest BCUT2D eigenvalue weighted by molar-refractivity contribution is 7.90. The molecule has 0 radical (unpaired) electrons. The van der Waals surface area contributed by atoms with Crippen LogP contribution in [0.1, 0.15) is 36.8 Å². The van der Waals surface area contributed by atoms with Gasteiger partial charge in [0.1, 0.15) is 0 Å².